The van der Waals surface area contributed by atoms with Gasteiger partial charge in [-0.1, -0.05) is 37.6 Å². The Bertz CT molecular complexity index is 649. The summed E-state index contributed by atoms with van der Waals surface area (Å²) >= 11 is 0. The van der Waals surface area contributed by atoms with Crippen molar-refractivity contribution in [2.45, 2.75) is 33.2 Å². The summed E-state index contributed by atoms with van der Waals surface area (Å²) in [6, 6.07) is 7.98. The van der Waals surface area contributed by atoms with Gasteiger partial charge in [-0.15, -0.1) is 0 Å². The van der Waals surface area contributed by atoms with E-state index in [9.17, 15) is 10.1 Å². The lowest BCUT2D eigenvalue weighted by Crippen LogP contribution is -2.07. The van der Waals surface area contributed by atoms with E-state index >= 15 is 0 Å². The number of anilines is 1. The molecule has 1 N–H and O–H groups in total. The van der Waals surface area contributed by atoms with E-state index in [1.807, 2.05) is 38.1 Å². The van der Waals surface area contributed by atoms with Crippen molar-refractivity contribution in [3.8, 4) is 0 Å². The maximum absolute atomic E-state index is 11.3. The fraction of sp³-hybridized carbons (Fsp3) is 0.400. The third-order valence-corrected chi connectivity index (χ3v) is 3.47. The lowest BCUT2D eigenvalue weighted by molar-refractivity contribution is -0.384. The molecule has 6 nitrogen and oxygen atoms in total. The number of benzene rings is 1. The first-order valence-electron chi connectivity index (χ1n) is 7.03. The van der Waals surface area contributed by atoms with Gasteiger partial charge in [0.25, 0.3) is 0 Å². The summed E-state index contributed by atoms with van der Waals surface area (Å²) in [5, 5.41) is 18.7. The molecule has 112 valence electrons. The summed E-state index contributed by atoms with van der Waals surface area (Å²) in [6.45, 7) is 4.55. The van der Waals surface area contributed by atoms with Gasteiger partial charge < -0.3 is 5.32 Å². The van der Waals surface area contributed by atoms with E-state index in [1.54, 1.807) is 11.7 Å². The van der Waals surface area contributed by atoms with Crippen LogP contribution in [0.3, 0.4) is 0 Å². The third-order valence-electron chi connectivity index (χ3n) is 3.47. The van der Waals surface area contributed by atoms with Crippen molar-refractivity contribution in [1.29, 1.82) is 0 Å². The molecule has 2 rings (SSSR count). The molecule has 0 saturated heterocycles. The van der Waals surface area contributed by atoms with E-state index in [0.717, 1.165) is 17.5 Å². The van der Waals surface area contributed by atoms with Crippen LogP contribution >= 0.6 is 0 Å². The zero-order chi connectivity index (χ0) is 15.4. The van der Waals surface area contributed by atoms with Crippen LogP contribution in [0.5, 0.6) is 0 Å². The summed E-state index contributed by atoms with van der Waals surface area (Å²) in [6.07, 6.45) is 1.44. The smallest absolute Gasteiger partial charge is 0.334 e. The number of rotatable bonds is 6. The number of nitro groups is 1. The number of nitrogens with one attached hydrogen (secondary N) is 1. The summed E-state index contributed by atoms with van der Waals surface area (Å²) in [4.78, 5) is 11.0. The van der Waals surface area contributed by atoms with Crippen LogP contribution in [0.4, 0.5) is 11.5 Å². The zero-order valence-electron chi connectivity index (χ0n) is 12.6. The molecule has 21 heavy (non-hydrogen) atoms. The van der Waals surface area contributed by atoms with Gasteiger partial charge in [-0.25, -0.2) is 4.68 Å². The van der Waals surface area contributed by atoms with Crippen molar-refractivity contribution in [1.82, 2.24) is 9.78 Å². The minimum Gasteiger partial charge on any atom is -0.360 e. The standard InChI is InChI=1S/C15H20N4O2/c1-4-7-13-14(19(20)21)15(18(3)17-13)16-10-12-9-6-5-8-11(12)2/h5-6,8-9,16H,4,7,10H2,1-3H3. The second-order valence-electron chi connectivity index (χ2n) is 5.05. The fourth-order valence-corrected chi connectivity index (χ4v) is 2.35. The molecular formula is C15H20N4O2. The van der Waals surface area contributed by atoms with Crippen LogP contribution in [0.25, 0.3) is 0 Å². The van der Waals surface area contributed by atoms with Gasteiger partial charge in [-0.3, -0.25) is 10.1 Å². The molecule has 1 aromatic carbocycles. The Balaban J connectivity index is 2.27. The molecule has 0 unspecified atom stereocenters. The molecule has 2 aromatic rings. The maximum Gasteiger partial charge on any atom is 0.334 e. The van der Waals surface area contributed by atoms with Crippen molar-refractivity contribution in [2.24, 2.45) is 7.05 Å². The molecule has 0 aliphatic carbocycles. The van der Waals surface area contributed by atoms with E-state index in [2.05, 4.69) is 10.4 Å². The predicted octanol–water partition coefficient (Wildman–Crippen LogP) is 3.20. The number of hydrogen-bond donors (Lipinski definition) is 1. The van der Waals surface area contributed by atoms with E-state index in [1.165, 1.54) is 0 Å². The van der Waals surface area contributed by atoms with Gasteiger partial charge in [0.2, 0.25) is 5.82 Å². The van der Waals surface area contributed by atoms with Gasteiger partial charge in [0, 0.05) is 13.6 Å². The SMILES string of the molecule is CCCc1nn(C)c(NCc2ccccc2C)c1[N+](=O)[O-]. The van der Waals surface area contributed by atoms with E-state index in [0.29, 0.717) is 24.5 Å². The lowest BCUT2D eigenvalue weighted by atomic mass is 10.1. The van der Waals surface area contributed by atoms with Gasteiger partial charge in [0.1, 0.15) is 5.69 Å². The molecule has 0 fully saturated rings. The van der Waals surface area contributed by atoms with Crippen LogP contribution in [-0.2, 0) is 20.0 Å². The molecule has 1 heterocycles. The predicted molar refractivity (Wildman–Crippen MR) is 82.4 cm³/mol. The van der Waals surface area contributed by atoms with Crippen LogP contribution < -0.4 is 5.32 Å². The Kier molecular flexibility index (Phi) is 4.57. The highest BCUT2D eigenvalue weighted by Crippen LogP contribution is 2.29. The van der Waals surface area contributed by atoms with E-state index in [-0.39, 0.29) is 10.6 Å². The van der Waals surface area contributed by atoms with Crippen molar-refractivity contribution in [2.75, 3.05) is 5.32 Å². The monoisotopic (exact) mass is 288 g/mol. The van der Waals surface area contributed by atoms with Crippen LogP contribution in [-0.4, -0.2) is 14.7 Å². The van der Waals surface area contributed by atoms with Crippen molar-refractivity contribution in [3.63, 3.8) is 0 Å². The highest BCUT2D eigenvalue weighted by Gasteiger charge is 2.25. The normalized spacial score (nSPS) is 10.6. The molecule has 1 aromatic heterocycles. The Morgan fingerprint density at radius 2 is 2.10 bits per heavy atom. The number of nitrogens with zero attached hydrogens (tertiary/aromatic N) is 3. The van der Waals surface area contributed by atoms with Gasteiger partial charge in [-0.2, -0.15) is 5.10 Å². The van der Waals surface area contributed by atoms with Gasteiger partial charge in [-0.05, 0) is 24.5 Å². The molecule has 0 spiro atoms. The molecule has 0 saturated carbocycles. The number of aromatic nitrogens is 2. The minimum absolute atomic E-state index is 0.0907. The second-order valence-corrected chi connectivity index (χ2v) is 5.05. The average Bonchev–Trinajstić information content (AvgIpc) is 2.74. The maximum atomic E-state index is 11.3. The van der Waals surface area contributed by atoms with Gasteiger partial charge in [0.05, 0.1) is 4.92 Å². The number of hydrogen-bond acceptors (Lipinski definition) is 4. The zero-order valence-corrected chi connectivity index (χ0v) is 12.6. The Labute approximate surface area is 123 Å². The molecule has 0 radical (unpaired) electrons. The molecular weight excluding hydrogens is 268 g/mol. The quantitative estimate of drug-likeness (QED) is 0.654. The molecule has 0 aliphatic rings. The second kappa shape index (κ2) is 6.39. The third kappa shape index (κ3) is 3.21. The van der Waals surface area contributed by atoms with E-state index < -0.39 is 0 Å². The largest absolute Gasteiger partial charge is 0.360 e. The molecule has 6 heteroatoms. The number of aryl methyl sites for hydroxylation is 3. The summed E-state index contributed by atoms with van der Waals surface area (Å²) < 4.78 is 1.56. The van der Waals surface area contributed by atoms with Crippen LogP contribution in [0.15, 0.2) is 24.3 Å². The van der Waals surface area contributed by atoms with Crippen LogP contribution in [0, 0.1) is 17.0 Å². The van der Waals surface area contributed by atoms with Crippen LogP contribution in [0.2, 0.25) is 0 Å². The molecule has 0 atom stereocenters. The van der Waals surface area contributed by atoms with Crippen molar-refractivity contribution < 1.29 is 4.92 Å². The summed E-state index contributed by atoms with van der Waals surface area (Å²) in [7, 11) is 1.73. The Morgan fingerprint density at radius 3 is 2.71 bits per heavy atom. The first-order valence-corrected chi connectivity index (χ1v) is 7.03. The summed E-state index contributed by atoms with van der Waals surface area (Å²) in [5.74, 6) is 0.465. The highest BCUT2D eigenvalue weighted by molar-refractivity contribution is 5.60. The van der Waals surface area contributed by atoms with Crippen molar-refractivity contribution >= 4 is 11.5 Å². The van der Waals surface area contributed by atoms with Crippen molar-refractivity contribution in [3.05, 3.63) is 51.2 Å². The molecule has 0 amide bonds. The minimum atomic E-state index is -0.349. The van der Waals surface area contributed by atoms with Crippen LogP contribution in [0.1, 0.15) is 30.2 Å². The highest BCUT2D eigenvalue weighted by atomic mass is 16.6. The molecule has 0 bridgehead atoms. The van der Waals surface area contributed by atoms with Gasteiger partial charge in [0.15, 0.2) is 0 Å². The lowest BCUT2D eigenvalue weighted by Gasteiger charge is -2.08. The average molecular weight is 288 g/mol. The first-order chi connectivity index (χ1) is 10.0. The van der Waals surface area contributed by atoms with E-state index in [4.69, 9.17) is 0 Å². The fourth-order valence-electron chi connectivity index (χ4n) is 2.35. The Morgan fingerprint density at radius 1 is 1.38 bits per heavy atom. The van der Waals surface area contributed by atoms with Gasteiger partial charge >= 0.3 is 5.69 Å². The molecule has 0 aliphatic heterocycles. The first kappa shape index (κ1) is 15.0. The summed E-state index contributed by atoms with van der Waals surface area (Å²) in [5.41, 5.74) is 2.90. The topological polar surface area (TPSA) is 73.0 Å². The Hall–Kier alpha value is -2.37.